The van der Waals surface area contributed by atoms with Crippen molar-refractivity contribution in [2.24, 2.45) is 0 Å². The number of alkyl halides is 2. The number of ether oxygens (including phenoxy) is 1. The van der Waals surface area contributed by atoms with Gasteiger partial charge in [-0.2, -0.15) is 13.1 Å². The average Bonchev–Trinajstić information content (AvgIpc) is 2.74. The van der Waals surface area contributed by atoms with Gasteiger partial charge in [0.1, 0.15) is 5.75 Å². The maximum Gasteiger partial charge on any atom is 0.387 e. The number of benzene rings is 1. The van der Waals surface area contributed by atoms with Gasteiger partial charge in [0.05, 0.1) is 10.6 Å². The van der Waals surface area contributed by atoms with Gasteiger partial charge < -0.3 is 4.74 Å². The third-order valence-electron chi connectivity index (χ3n) is 5.41. The third-order valence-corrected chi connectivity index (χ3v) is 7.44. The van der Waals surface area contributed by atoms with Crippen LogP contribution in [0.1, 0.15) is 23.2 Å². The Balaban J connectivity index is 1.42. The van der Waals surface area contributed by atoms with Crippen LogP contribution in [0.25, 0.3) is 6.08 Å². The molecule has 1 aromatic heterocycles. The number of rotatable bonds is 6. The molecule has 30 heavy (non-hydrogen) atoms. The lowest BCUT2D eigenvalue weighted by atomic mass is 9.97. The standard InChI is InChI=1S/C21H23F2N3O3S/c22-21(23)29-19-6-4-17-14-20(7-5-16(17)13-19)30(27,28)26-11-9-25(10-12-26)15-18-3-1-2-8-24-18/h1-4,6,8,13-14,21H,5,7,9-12,15H2. The van der Waals surface area contributed by atoms with Crippen molar-refractivity contribution in [3.05, 3.63) is 64.3 Å². The van der Waals surface area contributed by atoms with Gasteiger partial charge in [0.15, 0.2) is 0 Å². The average molecular weight is 435 g/mol. The van der Waals surface area contributed by atoms with Crippen LogP contribution in [-0.2, 0) is 23.0 Å². The summed E-state index contributed by atoms with van der Waals surface area (Å²) < 4.78 is 57.0. The molecule has 6 nitrogen and oxygen atoms in total. The van der Waals surface area contributed by atoms with Gasteiger partial charge in [-0.05, 0) is 54.3 Å². The molecule has 0 amide bonds. The summed E-state index contributed by atoms with van der Waals surface area (Å²) in [4.78, 5) is 6.89. The van der Waals surface area contributed by atoms with Crippen molar-refractivity contribution in [1.29, 1.82) is 0 Å². The Bertz CT molecular complexity index is 1020. The van der Waals surface area contributed by atoms with Crippen LogP contribution in [0.4, 0.5) is 8.78 Å². The van der Waals surface area contributed by atoms with Crippen molar-refractivity contribution >= 4 is 16.1 Å². The van der Waals surface area contributed by atoms with Crippen LogP contribution in [0.5, 0.6) is 5.75 Å². The third kappa shape index (κ3) is 4.69. The molecule has 0 atom stereocenters. The Morgan fingerprint density at radius 2 is 1.87 bits per heavy atom. The molecule has 2 heterocycles. The fraction of sp³-hybridized carbons (Fsp3) is 0.381. The number of nitrogens with zero attached hydrogens (tertiary/aromatic N) is 3. The first-order valence-corrected chi connectivity index (χ1v) is 11.3. The van der Waals surface area contributed by atoms with Crippen LogP contribution in [0.3, 0.4) is 0 Å². The van der Waals surface area contributed by atoms with Gasteiger partial charge in [-0.1, -0.05) is 12.1 Å². The van der Waals surface area contributed by atoms with Crippen molar-refractivity contribution in [2.75, 3.05) is 26.2 Å². The maximum atomic E-state index is 13.1. The fourth-order valence-corrected chi connectivity index (χ4v) is 5.45. The van der Waals surface area contributed by atoms with Gasteiger partial charge in [0.2, 0.25) is 10.0 Å². The van der Waals surface area contributed by atoms with Crippen molar-refractivity contribution in [3.63, 3.8) is 0 Å². The van der Waals surface area contributed by atoms with E-state index in [4.69, 9.17) is 0 Å². The molecule has 9 heteroatoms. The number of piperazine rings is 1. The highest BCUT2D eigenvalue weighted by Gasteiger charge is 2.31. The second kappa shape index (κ2) is 8.79. The molecule has 160 valence electrons. The second-order valence-electron chi connectivity index (χ2n) is 7.35. The molecule has 1 fully saturated rings. The van der Waals surface area contributed by atoms with E-state index in [1.165, 1.54) is 10.4 Å². The molecular formula is C21H23F2N3O3S. The highest BCUT2D eigenvalue weighted by atomic mass is 32.2. The lowest BCUT2D eigenvalue weighted by Gasteiger charge is -2.34. The van der Waals surface area contributed by atoms with E-state index < -0.39 is 16.6 Å². The van der Waals surface area contributed by atoms with Gasteiger partial charge in [0.25, 0.3) is 0 Å². The number of hydrogen-bond donors (Lipinski definition) is 0. The Labute approximate surface area is 174 Å². The molecule has 0 saturated carbocycles. The summed E-state index contributed by atoms with van der Waals surface area (Å²) in [6, 6.07) is 10.4. The monoisotopic (exact) mass is 435 g/mol. The molecule has 1 aliphatic heterocycles. The molecular weight excluding hydrogens is 412 g/mol. The maximum absolute atomic E-state index is 13.1. The number of allylic oxidation sites excluding steroid dienone is 1. The predicted molar refractivity (Wildman–Crippen MR) is 109 cm³/mol. The van der Waals surface area contributed by atoms with Crippen molar-refractivity contribution in [3.8, 4) is 5.75 Å². The Morgan fingerprint density at radius 1 is 1.07 bits per heavy atom. The lowest BCUT2D eigenvalue weighted by molar-refractivity contribution is -0.0498. The number of aromatic nitrogens is 1. The molecule has 0 N–H and O–H groups in total. The van der Waals surface area contributed by atoms with Crippen molar-refractivity contribution in [2.45, 2.75) is 26.0 Å². The van der Waals surface area contributed by atoms with E-state index in [0.717, 1.165) is 16.8 Å². The number of aryl methyl sites for hydroxylation is 1. The zero-order valence-electron chi connectivity index (χ0n) is 16.4. The summed E-state index contributed by atoms with van der Waals surface area (Å²) in [5, 5.41) is 0. The summed E-state index contributed by atoms with van der Waals surface area (Å²) in [5.41, 5.74) is 2.51. The molecule has 0 unspecified atom stereocenters. The highest BCUT2D eigenvalue weighted by molar-refractivity contribution is 7.93. The topological polar surface area (TPSA) is 62.7 Å². The summed E-state index contributed by atoms with van der Waals surface area (Å²) in [6.45, 7) is -0.0221. The van der Waals surface area contributed by atoms with Gasteiger partial charge in [0, 0.05) is 38.9 Å². The van der Waals surface area contributed by atoms with Crippen LogP contribution >= 0.6 is 0 Å². The molecule has 1 saturated heterocycles. The Hall–Kier alpha value is -2.36. The Kier molecular flexibility index (Phi) is 6.12. The zero-order chi connectivity index (χ0) is 21.1. The van der Waals surface area contributed by atoms with Crippen LogP contribution in [-0.4, -0.2) is 55.4 Å². The normalized spacial score (nSPS) is 18.2. The van der Waals surface area contributed by atoms with E-state index in [0.29, 0.717) is 50.5 Å². The SMILES string of the molecule is O=S(=O)(C1=Cc2ccc(OC(F)F)cc2CC1)N1CCN(Cc2ccccn2)CC1. The molecule has 1 aromatic carbocycles. The Morgan fingerprint density at radius 3 is 2.57 bits per heavy atom. The molecule has 1 aliphatic carbocycles. The van der Waals surface area contributed by atoms with E-state index in [1.807, 2.05) is 18.2 Å². The second-order valence-corrected chi connectivity index (χ2v) is 9.34. The molecule has 0 bridgehead atoms. The predicted octanol–water partition coefficient (Wildman–Crippen LogP) is 3.12. The van der Waals surface area contributed by atoms with Crippen molar-refractivity contribution in [1.82, 2.24) is 14.2 Å². The number of fused-ring (bicyclic) bond motifs is 1. The smallest absolute Gasteiger partial charge is 0.387 e. The number of hydrogen-bond acceptors (Lipinski definition) is 5. The first-order chi connectivity index (χ1) is 14.4. The van der Waals surface area contributed by atoms with Crippen LogP contribution in [0.2, 0.25) is 0 Å². The zero-order valence-corrected chi connectivity index (χ0v) is 17.2. The first-order valence-electron chi connectivity index (χ1n) is 9.82. The largest absolute Gasteiger partial charge is 0.435 e. The summed E-state index contributed by atoms with van der Waals surface area (Å²) in [5.74, 6) is 0.0903. The van der Waals surface area contributed by atoms with Gasteiger partial charge >= 0.3 is 6.61 Å². The van der Waals surface area contributed by atoms with E-state index >= 15 is 0 Å². The van der Waals surface area contributed by atoms with Crippen LogP contribution in [0, 0.1) is 0 Å². The first kappa shape index (κ1) is 20.9. The molecule has 0 radical (unpaired) electrons. The van der Waals surface area contributed by atoms with Crippen LogP contribution in [0.15, 0.2) is 47.5 Å². The summed E-state index contributed by atoms with van der Waals surface area (Å²) >= 11 is 0. The van der Waals surface area contributed by atoms with E-state index in [1.54, 1.807) is 24.4 Å². The number of halogens is 2. The molecule has 4 rings (SSSR count). The molecule has 2 aromatic rings. The van der Waals surface area contributed by atoms with E-state index in [2.05, 4.69) is 14.6 Å². The van der Waals surface area contributed by atoms with E-state index in [9.17, 15) is 17.2 Å². The summed E-state index contributed by atoms with van der Waals surface area (Å²) in [6.07, 6.45) is 4.23. The van der Waals surface area contributed by atoms with Gasteiger partial charge in [-0.15, -0.1) is 0 Å². The minimum atomic E-state index is -3.55. The van der Waals surface area contributed by atoms with Gasteiger partial charge in [-0.25, -0.2) is 8.42 Å². The molecule has 0 spiro atoms. The highest BCUT2D eigenvalue weighted by Crippen LogP contribution is 2.32. The molecule has 2 aliphatic rings. The number of sulfonamides is 1. The van der Waals surface area contributed by atoms with Gasteiger partial charge in [-0.3, -0.25) is 9.88 Å². The lowest BCUT2D eigenvalue weighted by Crippen LogP contribution is -2.48. The van der Waals surface area contributed by atoms with E-state index in [-0.39, 0.29) is 5.75 Å². The van der Waals surface area contributed by atoms with Crippen molar-refractivity contribution < 1.29 is 21.9 Å². The minimum Gasteiger partial charge on any atom is -0.435 e. The minimum absolute atomic E-state index is 0.0903. The van der Waals surface area contributed by atoms with Crippen LogP contribution < -0.4 is 4.74 Å². The number of pyridine rings is 1. The quantitative estimate of drug-likeness (QED) is 0.698. The fourth-order valence-electron chi connectivity index (χ4n) is 3.84. The summed E-state index contributed by atoms with van der Waals surface area (Å²) in [7, 11) is -3.55.